The molecule has 2 atom stereocenters. The Labute approximate surface area is 116 Å². The van der Waals surface area contributed by atoms with Crippen molar-refractivity contribution in [2.45, 2.75) is 56.5 Å². The SMILES string of the molecule is O=C1CN(c2nc(C3CC3)ns2)C2CCCCC2N1. The Kier molecular flexibility index (Phi) is 2.72. The zero-order chi connectivity index (χ0) is 12.8. The molecule has 0 radical (unpaired) electrons. The smallest absolute Gasteiger partial charge is 0.239 e. The van der Waals surface area contributed by atoms with Crippen molar-refractivity contribution in [2.75, 3.05) is 11.4 Å². The molecule has 1 N–H and O–H groups in total. The number of hydrogen-bond acceptors (Lipinski definition) is 5. The van der Waals surface area contributed by atoms with Gasteiger partial charge in [-0.1, -0.05) is 12.8 Å². The van der Waals surface area contributed by atoms with E-state index in [1.54, 1.807) is 0 Å². The van der Waals surface area contributed by atoms with Crippen LogP contribution in [0.2, 0.25) is 0 Å². The molecule has 1 aromatic heterocycles. The summed E-state index contributed by atoms with van der Waals surface area (Å²) in [5, 5.41) is 4.09. The van der Waals surface area contributed by atoms with Crippen LogP contribution in [0.15, 0.2) is 0 Å². The molecule has 19 heavy (non-hydrogen) atoms. The highest BCUT2D eigenvalue weighted by atomic mass is 32.1. The van der Waals surface area contributed by atoms with Crippen molar-refractivity contribution in [3.63, 3.8) is 0 Å². The van der Waals surface area contributed by atoms with Gasteiger partial charge in [-0.25, -0.2) is 4.98 Å². The Balaban J connectivity index is 1.60. The number of piperazine rings is 1. The quantitative estimate of drug-likeness (QED) is 0.894. The maximum Gasteiger partial charge on any atom is 0.239 e. The average molecular weight is 278 g/mol. The minimum absolute atomic E-state index is 0.131. The van der Waals surface area contributed by atoms with Crippen LogP contribution >= 0.6 is 11.5 Å². The summed E-state index contributed by atoms with van der Waals surface area (Å²) in [5.74, 6) is 1.72. The molecule has 1 aliphatic heterocycles. The van der Waals surface area contributed by atoms with Gasteiger partial charge in [0.25, 0.3) is 0 Å². The molecule has 1 aromatic rings. The number of carbonyl (C=O) groups is 1. The molecule has 2 aliphatic carbocycles. The number of aromatic nitrogens is 2. The number of nitrogens with one attached hydrogen (secondary N) is 1. The predicted molar refractivity (Wildman–Crippen MR) is 73.4 cm³/mol. The normalized spacial score (nSPS) is 30.9. The topological polar surface area (TPSA) is 58.1 Å². The molecule has 5 nitrogen and oxygen atoms in total. The highest BCUT2D eigenvalue weighted by Gasteiger charge is 2.38. The number of anilines is 1. The molecule has 102 valence electrons. The van der Waals surface area contributed by atoms with Crippen molar-refractivity contribution >= 4 is 22.6 Å². The number of amides is 1. The third kappa shape index (κ3) is 2.12. The van der Waals surface area contributed by atoms with Crippen molar-refractivity contribution in [3.05, 3.63) is 5.82 Å². The summed E-state index contributed by atoms with van der Waals surface area (Å²) in [6.45, 7) is 0.445. The van der Waals surface area contributed by atoms with Crippen LogP contribution in [0.3, 0.4) is 0 Å². The number of carbonyl (C=O) groups excluding carboxylic acids is 1. The molecule has 1 amide bonds. The maximum absolute atomic E-state index is 11.9. The van der Waals surface area contributed by atoms with Gasteiger partial charge in [0.1, 0.15) is 5.82 Å². The minimum Gasteiger partial charge on any atom is -0.350 e. The van der Waals surface area contributed by atoms with Crippen molar-refractivity contribution in [3.8, 4) is 0 Å². The van der Waals surface area contributed by atoms with E-state index in [4.69, 9.17) is 0 Å². The van der Waals surface area contributed by atoms with E-state index in [1.165, 1.54) is 37.2 Å². The van der Waals surface area contributed by atoms with E-state index in [-0.39, 0.29) is 5.91 Å². The van der Waals surface area contributed by atoms with Gasteiger partial charge < -0.3 is 10.2 Å². The first kappa shape index (κ1) is 11.6. The summed E-state index contributed by atoms with van der Waals surface area (Å²) in [7, 11) is 0. The van der Waals surface area contributed by atoms with Gasteiger partial charge in [0.05, 0.1) is 12.6 Å². The molecule has 2 heterocycles. The first-order valence-corrected chi connectivity index (χ1v) is 7.98. The van der Waals surface area contributed by atoms with Crippen LogP contribution in [-0.2, 0) is 4.79 Å². The van der Waals surface area contributed by atoms with Crippen LogP contribution in [0.1, 0.15) is 50.3 Å². The minimum atomic E-state index is 0.131. The monoisotopic (exact) mass is 278 g/mol. The van der Waals surface area contributed by atoms with Crippen molar-refractivity contribution in [1.82, 2.24) is 14.7 Å². The lowest BCUT2D eigenvalue weighted by Crippen LogP contribution is -2.61. The van der Waals surface area contributed by atoms with Gasteiger partial charge in [0.15, 0.2) is 0 Å². The molecule has 4 rings (SSSR count). The number of hydrogen-bond donors (Lipinski definition) is 1. The molecule has 3 aliphatic rings. The summed E-state index contributed by atoms with van der Waals surface area (Å²) in [6.07, 6.45) is 7.18. The molecule has 0 aromatic carbocycles. The number of nitrogens with zero attached hydrogens (tertiary/aromatic N) is 3. The molecule has 6 heteroatoms. The van der Waals surface area contributed by atoms with Crippen molar-refractivity contribution in [2.24, 2.45) is 0 Å². The Morgan fingerprint density at radius 3 is 2.89 bits per heavy atom. The lowest BCUT2D eigenvalue weighted by atomic mass is 9.88. The number of rotatable bonds is 2. The van der Waals surface area contributed by atoms with Gasteiger partial charge in [-0.15, -0.1) is 0 Å². The first-order valence-electron chi connectivity index (χ1n) is 7.21. The molecule has 3 fully saturated rings. The summed E-state index contributed by atoms with van der Waals surface area (Å²) in [6, 6.07) is 0.731. The Bertz CT molecular complexity index is 499. The first-order chi connectivity index (χ1) is 9.31. The van der Waals surface area contributed by atoms with Crippen LogP contribution in [-0.4, -0.2) is 33.9 Å². The lowest BCUT2D eigenvalue weighted by molar-refractivity contribution is -0.122. The Morgan fingerprint density at radius 1 is 1.21 bits per heavy atom. The standard InChI is InChI=1S/C13H18N4OS/c18-11-7-17(10-4-2-1-3-9(10)14-11)13-15-12(16-19-13)8-5-6-8/h8-10H,1-7H2,(H,14,18). The van der Waals surface area contributed by atoms with Crippen LogP contribution in [0.5, 0.6) is 0 Å². The fourth-order valence-corrected chi connectivity index (χ4v) is 4.04. The van der Waals surface area contributed by atoms with E-state index in [0.29, 0.717) is 24.5 Å². The highest BCUT2D eigenvalue weighted by molar-refractivity contribution is 7.09. The average Bonchev–Trinajstić information content (AvgIpc) is 3.16. The van der Waals surface area contributed by atoms with E-state index in [0.717, 1.165) is 23.8 Å². The second kappa shape index (κ2) is 4.44. The van der Waals surface area contributed by atoms with Gasteiger partial charge in [0.2, 0.25) is 11.0 Å². The third-order valence-electron chi connectivity index (χ3n) is 4.41. The summed E-state index contributed by atoms with van der Waals surface area (Å²) < 4.78 is 4.47. The number of fused-ring (bicyclic) bond motifs is 1. The second-order valence-electron chi connectivity index (χ2n) is 5.86. The van der Waals surface area contributed by atoms with E-state index in [9.17, 15) is 4.79 Å². The van der Waals surface area contributed by atoms with Crippen LogP contribution < -0.4 is 10.2 Å². The maximum atomic E-state index is 11.9. The van der Waals surface area contributed by atoms with Crippen LogP contribution in [0, 0.1) is 0 Å². The zero-order valence-corrected chi connectivity index (χ0v) is 11.7. The molecule has 2 saturated carbocycles. The van der Waals surface area contributed by atoms with Crippen LogP contribution in [0.25, 0.3) is 0 Å². The predicted octanol–water partition coefficient (Wildman–Crippen LogP) is 1.66. The highest BCUT2D eigenvalue weighted by Crippen LogP contribution is 2.40. The Morgan fingerprint density at radius 2 is 2.05 bits per heavy atom. The second-order valence-corrected chi connectivity index (χ2v) is 6.59. The molecule has 2 unspecified atom stereocenters. The van der Waals surface area contributed by atoms with Gasteiger partial charge in [-0.3, -0.25) is 4.79 Å². The fourth-order valence-electron chi connectivity index (χ4n) is 3.24. The molecule has 0 bridgehead atoms. The van der Waals surface area contributed by atoms with E-state index in [1.807, 2.05) is 0 Å². The molecular weight excluding hydrogens is 260 g/mol. The fraction of sp³-hybridized carbons (Fsp3) is 0.769. The van der Waals surface area contributed by atoms with E-state index < -0.39 is 0 Å². The summed E-state index contributed by atoms with van der Waals surface area (Å²) in [5.41, 5.74) is 0. The van der Waals surface area contributed by atoms with Gasteiger partial charge in [-0.05, 0) is 25.7 Å². The van der Waals surface area contributed by atoms with E-state index >= 15 is 0 Å². The lowest BCUT2D eigenvalue weighted by Gasteiger charge is -2.43. The third-order valence-corrected chi connectivity index (χ3v) is 5.18. The summed E-state index contributed by atoms with van der Waals surface area (Å²) in [4.78, 5) is 18.7. The zero-order valence-electron chi connectivity index (χ0n) is 10.8. The summed E-state index contributed by atoms with van der Waals surface area (Å²) >= 11 is 1.47. The Hall–Kier alpha value is -1.17. The molecular formula is C13H18N4OS. The van der Waals surface area contributed by atoms with Crippen molar-refractivity contribution in [1.29, 1.82) is 0 Å². The van der Waals surface area contributed by atoms with Gasteiger partial charge >= 0.3 is 0 Å². The van der Waals surface area contributed by atoms with E-state index in [2.05, 4.69) is 19.6 Å². The van der Waals surface area contributed by atoms with Crippen molar-refractivity contribution < 1.29 is 4.79 Å². The largest absolute Gasteiger partial charge is 0.350 e. The van der Waals surface area contributed by atoms with Gasteiger partial charge in [0, 0.05) is 23.5 Å². The molecule has 1 saturated heterocycles. The van der Waals surface area contributed by atoms with Crippen LogP contribution in [0.4, 0.5) is 5.13 Å². The molecule has 0 spiro atoms. The van der Waals surface area contributed by atoms with Gasteiger partial charge in [-0.2, -0.15) is 4.37 Å².